The smallest absolute Gasteiger partial charge is 0.408 e. The SMILES string of the molecule is CCN(C(=O)C(C)NC(=O)OC(C)(C)C)c1cccc(C)c1. The van der Waals surface area contributed by atoms with Crippen LogP contribution in [0.4, 0.5) is 10.5 Å². The van der Waals surface area contributed by atoms with E-state index in [-0.39, 0.29) is 5.91 Å². The number of aryl methyl sites for hydroxylation is 1. The second-order valence-corrected chi connectivity index (χ2v) is 6.29. The molecule has 1 unspecified atom stereocenters. The second-order valence-electron chi connectivity index (χ2n) is 6.29. The fourth-order valence-electron chi connectivity index (χ4n) is 2.04. The van der Waals surface area contributed by atoms with Crippen molar-refractivity contribution in [3.05, 3.63) is 29.8 Å². The Morgan fingerprint density at radius 2 is 1.95 bits per heavy atom. The average Bonchev–Trinajstić information content (AvgIpc) is 2.37. The van der Waals surface area contributed by atoms with Crippen molar-refractivity contribution in [3.8, 4) is 0 Å². The van der Waals surface area contributed by atoms with Crippen LogP contribution in [0.5, 0.6) is 0 Å². The molecule has 0 fully saturated rings. The van der Waals surface area contributed by atoms with E-state index in [9.17, 15) is 9.59 Å². The van der Waals surface area contributed by atoms with Gasteiger partial charge in [-0.2, -0.15) is 0 Å². The Morgan fingerprint density at radius 3 is 2.45 bits per heavy atom. The molecule has 0 saturated carbocycles. The standard InChI is InChI=1S/C17H26N2O3/c1-7-19(14-10-8-9-12(2)11-14)15(20)13(3)18-16(21)22-17(4,5)6/h8-11,13H,7H2,1-6H3,(H,18,21). The molecule has 0 radical (unpaired) electrons. The van der Waals surface area contributed by atoms with E-state index in [4.69, 9.17) is 4.74 Å². The maximum absolute atomic E-state index is 12.5. The number of benzene rings is 1. The predicted octanol–water partition coefficient (Wildman–Crippen LogP) is 3.26. The monoisotopic (exact) mass is 306 g/mol. The summed E-state index contributed by atoms with van der Waals surface area (Å²) in [6, 6.07) is 7.06. The molecule has 0 aliphatic rings. The van der Waals surface area contributed by atoms with E-state index in [1.807, 2.05) is 38.1 Å². The number of amides is 2. The molecule has 1 rings (SSSR count). The topological polar surface area (TPSA) is 58.6 Å². The molecular formula is C17H26N2O3. The Morgan fingerprint density at radius 1 is 1.32 bits per heavy atom. The first-order valence-electron chi connectivity index (χ1n) is 7.51. The summed E-state index contributed by atoms with van der Waals surface area (Å²) in [7, 11) is 0. The summed E-state index contributed by atoms with van der Waals surface area (Å²) in [6.07, 6.45) is -0.589. The van der Waals surface area contributed by atoms with Gasteiger partial charge < -0.3 is 15.0 Å². The number of likely N-dealkylation sites (N-methyl/N-ethyl adjacent to an activating group) is 1. The summed E-state index contributed by atoms with van der Waals surface area (Å²) in [6.45, 7) is 11.4. The first-order chi connectivity index (χ1) is 10.1. The van der Waals surface area contributed by atoms with Crippen molar-refractivity contribution >= 4 is 17.7 Å². The van der Waals surface area contributed by atoms with Crippen molar-refractivity contribution in [1.29, 1.82) is 0 Å². The molecule has 0 spiro atoms. The van der Waals surface area contributed by atoms with Gasteiger partial charge in [-0.3, -0.25) is 4.79 Å². The quantitative estimate of drug-likeness (QED) is 0.929. The highest BCUT2D eigenvalue weighted by molar-refractivity contribution is 5.98. The van der Waals surface area contributed by atoms with Gasteiger partial charge in [0.2, 0.25) is 5.91 Å². The molecule has 0 heterocycles. The van der Waals surface area contributed by atoms with Crippen molar-refractivity contribution in [2.24, 2.45) is 0 Å². The number of carbonyl (C=O) groups excluding carboxylic acids is 2. The van der Waals surface area contributed by atoms with Crippen molar-refractivity contribution in [1.82, 2.24) is 5.32 Å². The van der Waals surface area contributed by atoms with Gasteiger partial charge in [-0.15, -0.1) is 0 Å². The third kappa shape index (κ3) is 5.39. The molecular weight excluding hydrogens is 280 g/mol. The van der Waals surface area contributed by atoms with E-state index in [2.05, 4.69) is 5.32 Å². The van der Waals surface area contributed by atoms with Gasteiger partial charge in [-0.05, 0) is 59.2 Å². The van der Waals surface area contributed by atoms with Gasteiger partial charge in [0, 0.05) is 12.2 Å². The van der Waals surface area contributed by atoms with E-state index in [1.165, 1.54) is 0 Å². The van der Waals surface area contributed by atoms with Crippen molar-refractivity contribution < 1.29 is 14.3 Å². The normalized spacial score (nSPS) is 12.5. The molecule has 2 amide bonds. The van der Waals surface area contributed by atoms with E-state index in [0.29, 0.717) is 6.54 Å². The number of anilines is 1. The summed E-state index contributed by atoms with van der Waals surface area (Å²) in [5, 5.41) is 2.58. The van der Waals surface area contributed by atoms with Crippen LogP contribution in [0.3, 0.4) is 0 Å². The lowest BCUT2D eigenvalue weighted by atomic mass is 10.2. The number of carbonyl (C=O) groups is 2. The van der Waals surface area contributed by atoms with E-state index in [1.54, 1.807) is 32.6 Å². The van der Waals surface area contributed by atoms with Gasteiger partial charge in [0.25, 0.3) is 0 Å². The van der Waals surface area contributed by atoms with Gasteiger partial charge in [0.15, 0.2) is 0 Å². The molecule has 5 heteroatoms. The fraction of sp³-hybridized carbons (Fsp3) is 0.529. The molecule has 1 aromatic rings. The molecule has 122 valence electrons. The first kappa shape index (κ1) is 18.0. The maximum Gasteiger partial charge on any atom is 0.408 e. The number of hydrogen-bond donors (Lipinski definition) is 1. The van der Waals surface area contributed by atoms with Gasteiger partial charge in [0.1, 0.15) is 11.6 Å². The molecule has 1 atom stereocenters. The number of rotatable bonds is 4. The molecule has 0 aliphatic heterocycles. The Balaban J connectivity index is 2.77. The summed E-state index contributed by atoms with van der Waals surface area (Å²) < 4.78 is 5.18. The minimum Gasteiger partial charge on any atom is -0.444 e. The van der Waals surface area contributed by atoms with Crippen LogP contribution in [-0.2, 0) is 9.53 Å². The van der Waals surface area contributed by atoms with Gasteiger partial charge in [0.05, 0.1) is 0 Å². The molecule has 5 nitrogen and oxygen atoms in total. The lowest BCUT2D eigenvalue weighted by molar-refractivity contribution is -0.120. The van der Waals surface area contributed by atoms with Gasteiger partial charge in [-0.25, -0.2) is 4.79 Å². The highest BCUT2D eigenvalue weighted by atomic mass is 16.6. The molecule has 1 aromatic carbocycles. The molecule has 0 saturated heterocycles. The molecule has 22 heavy (non-hydrogen) atoms. The Hall–Kier alpha value is -2.04. The van der Waals surface area contributed by atoms with Crippen LogP contribution in [0, 0.1) is 6.92 Å². The molecule has 0 aliphatic carbocycles. The van der Waals surface area contributed by atoms with Crippen molar-refractivity contribution in [2.45, 2.75) is 53.2 Å². The number of ether oxygens (including phenoxy) is 1. The lowest BCUT2D eigenvalue weighted by Gasteiger charge is -2.26. The van der Waals surface area contributed by atoms with E-state index >= 15 is 0 Å². The summed E-state index contributed by atoms with van der Waals surface area (Å²) in [5.41, 5.74) is 1.32. The molecule has 1 N–H and O–H groups in total. The zero-order valence-corrected chi connectivity index (χ0v) is 14.3. The fourth-order valence-corrected chi connectivity index (χ4v) is 2.04. The predicted molar refractivity (Wildman–Crippen MR) is 88.0 cm³/mol. The van der Waals surface area contributed by atoms with Crippen molar-refractivity contribution in [3.63, 3.8) is 0 Å². The van der Waals surface area contributed by atoms with Crippen LogP contribution in [0.1, 0.15) is 40.2 Å². The van der Waals surface area contributed by atoms with Crippen LogP contribution in [0.2, 0.25) is 0 Å². The third-order valence-electron chi connectivity index (χ3n) is 3.00. The number of alkyl carbamates (subject to hydrolysis) is 1. The van der Waals surface area contributed by atoms with Crippen LogP contribution in [0.15, 0.2) is 24.3 Å². The van der Waals surface area contributed by atoms with Crippen molar-refractivity contribution in [2.75, 3.05) is 11.4 Å². The molecule has 0 aromatic heterocycles. The summed E-state index contributed by atoms with van der Waals surface area (Å²) in [5.74, 6) is -0.168. The molecule has 0 bridgehead atoms. The minimum absolute atomic E-state index is 0.168. The lowest BCUT2D eigenvalue weighted by Crippen LogP contribution is -2.48. The Bertz CT molecular complexity index is 535. The van der Waals surface area contributed by atoms with Crippen LogP contribution in [-0.4, -0.2) is 30.2 Å². The minimum atomic E-state index is -0.657. The maximum atomic E-state index is 12.5. The number of nitrogens with one attached hydrogen (secondary N) is 1. The largest absolute Gasteiger partial charge is 0.444 e. The van der Waals surface area contributed by atoms with E-state index < -0.39 is 17.7 Å². The summed E-state index contributed by atoms with van der Waals surface area (Å²) in [4.78, 5) is 26.0. The van der Waals surface area contributed by atoms with Gasteiger partial charge in [-0.1, -0.05) is 12.1 Å². The highest BCUT2D eigenvalue weighted by Gasteiger charge is 2.24. The Labute approximate surface area is 132 Å². The van der Waals surface area contributed by atoms with Crippen LogP contribution < -0.4 is 10.2 Å². The third-order valence-corrected chi connectivity index (χ3v) is 3.00. The van der Waals surface area contributed by atoms with Crippen LogP contribution >= 0.6 is 0 Å². The average molecular weight is 306 g/mol. The summed E-state index contributed by atoms with van der Waals surface area (Å²) >= 11 is 0. The van der Waals surface area contributed by atoms with Gasteiger partial charge >= 0.3 is 6.09 Å². The number of hydrogen-bond acceptors (Lipinski definition) is 3. The first-order valence-corrected chi connectivity index (χ1v) is 7.51. The zero-order valence-electron chi connectivity index (χ0n) is 14.3. The van der Waals surface area contributed by atoms with E-state index in [0.717, 1.165) is 11.3 Å². The second kappa shape index (κ2) is 7.29. The van der Waals surface area contributed by atoms with Crippen LogP contribution in [0.25, 0.3) is 0 Å². The zero-order chi connectivity index (χ0) is 16.9. The highest BCUT2D eigenvalue weighted by Crippen LogP contribution is 2.17. The Kier molecular flexibility index (Phi) is 5.97. The number of nitrogens with zero attached hydrogens (tertiary/aromatic N) is 1.